The van der Waals surface area contributed by atoms with Crippen LogP contribution in [0, 0.1) is 0 Å². The summed E-state index contributed by atoms with van der Waals surface area (Å²) in [6.07, 6.45) is 5.05. The van der Waals surface area contributed by atoms with Crippen molar-refractivity contribution in [2.45, 2.75) is 50.4 Å². The molecule has 2 atom stereocenters. The van der Waals surface area contributed by atoms with Gasteiger partial charge in [-0.15, -0.1) is 0 Å². The van der Waals surface area contributed by atoms with Crippen molar-refractivity contribution >= 4 is 27.7 Å². The molecule has 0 bridgehead atoms. The van der Waals surface area contributed by atoms with Crippen LogP contribution in [0.25, 0.3) is 0 Å². The predicted octanol–water partition coefficient (Wildman–Crippen LogP) is 2.93. The minimum Gasteiger partial charge on any atom is -0.392 e. The molecule has 102 valence electrons. The van der Waals surface area contributed by atoms with Gasteiger partial charge in [-0.05, 0) is 40.9 Å². The monoisotopic (exact) mass is 332 g/mol. The quantitative estimate of drug-likeness (QED) is 0.921. The lowest BCUT2D eigenvalue weighted by atomic mass is 10.0. The van der Waals surface area contributed by atoms with Crippen LogP contribution < -0.4 is 0 Å². The molecule has 1 N–H and O–H groups in total. The Labute approximate surface area is 121 Å². The van der Waals surface area contributed by atoms with Crippen LogP contribution in [-0.4, -0.2) is 32.0 Å². The molecule has 5 heteroatoms. The first kappa shape index (κ1) is 14.4. The van der Waals surface area contributed by atoms with Gasteiger partial charge in [0, 0.05) is 18.7 Å². The Morgan fingerprint density at radius 3 is 2.89 bits per heavy atom. The normalized spacial score (nSPS) is 22.1. The zero-order chi connectivity index (χ0) is 13.1. The van der Waals surface area contributed by atoms with Crippen molar-refractivity contribution in [1.29, 1.82) is 0 Å². The Hall–Kier alpha value is -0.000000000000000111. The van der Waals surface area contributed by atoms with Crippen molar-refractivity contribution < 1.29 is 5.11 Å². The average Bonchev–Trinajstić information content (AvgIpc) is 2.67. The van der Waals surface area contributed by atoms with Gasteiger partial charge in [-0.1, -0.05) is 13.3 Å². The Morgan fingerprint density at radius 2 is 2.33 bits per heavy atom. The lowest BCUT2D eigenvalue weighted by Gasteiger charge is -2.26. The highest BCUT2D eigenvalue weighted by molar-refractivity contribution is 9.10. The second-order valence-electron chi connectivity index (χ2n) is 4.86. The maximum atomic E-state index is 10.4. The van der Waals surface area contributed by atoms with Crippen molar-refractivity contribution in [3.63, 3.8) is 0 Å². The van der Waals surface area contributed by atoms with E-state index in [9.17, 15) is 5.11 Å². The summed E-state index contributed by atoms with van der Waals surface area (Å²) in [6.45, 7) is 2.10. The van der Waals surface area contributed by atoms with Crippen molar-refractivity contribution in [3.8, 4) is 0 Å². The first-order valence-corrected chi connectivity index (χ1v) is 8.47. The number of aromatic nitrogens is 2. The van der Waals surface area contributed by atoms with Gasteiger partial charge in [0.2, 0.25) is 0 Å². The van der Waals surface area contributed by atoms with Gasteiger partial charge in [-0.3, -0.25) is 4.68 Å². The molecular weight excluding hydrogens is 312 g/mol. The molecule has 1 saturated heterocycles. The summed E-state index contributed by atoms with van der Waals surface area (Å²) in [5.74, 6) is 1.19. The molecule has 1 aliphatic heterocycles. The van der Waals surface area contributed by atoms with E-state index < -0.39 is 0 Å². The smallest absolute Gasteiger partial charge is 0.0766 e. The number of aliphatic hydroxyl groups is 1. The number of rotatable bonds is 4. The fourth-order valence-corrected chi connectivity index (χ4v) is 4.54. The van der Waals surface area contributed by atoms with Gasteiger partial charge in [0.15, 0.2) is 0 Å². The third kappa shape index (κ3) is 3.11. The van der Waals surface area contributed by atoms with Gasteiger partial charge in [0.05, 0.1) is 22.0 Å². The Kier molecular flexibility index (Phi) is 5.15. The zero-order valence-corrected chi connectivity index (χ0v) is 13.4. The molecule has 0 radical (unpaired) electrons. The van der Waals surface area contributed by atoms with Crippen LogP contribution in [0.2, 0.25) is 0 Å². The summed E-state index contributed by atoms with van der Waals surface area (Å²) in [7, 11) is 1.96. The van der Waals surface area contributed by atoms with Crippen LogP contribution in [0.3, 0.4) is 0 Å². The Balaban J connectivity index is 2.06. The zero-order valence-electron chi connectivity index (χ0n) is 11.0. The average molecular weight is 333 g/mol. The van der Waals surface area contributed by atoms with Gasteiger partial charge < -0.3 is 5.11 Å². The number of nitrogens with zero attached hydrogens (tertiary/aromatic N) is 2. The van der Waals surface area contributed by atoms with Gasteiger partial charge >= 0.3 is 0 Å². The number of hydrogen-bond donors (Lipinski definition) is 1. The van der Waals surface area contributed by atoms with Crippen molar-refractivity contribution in [2.24, 2.45) is 7.05 Å². The number of thioether (sulfide) groups is 1. The molecule has 1 aromatic heterocycles. The molecule has 1 aromatic rings. The highest BCUT2D eigenvalue weighted by Crippen LogP contribution is 2.30. The summed E-state index contributed by atoms with van der Waals surface area (Å²) in [5, 5.41) is 15.2. The molecule has 1 fully saturated rings. The second kappa shape index (κ2) is 6.44. The van der Waals surface area contributed by atoms with Gasteiger partial charge in [-0.2, -0.15) is 16.9 Å². The first-order valence-electron chi connectivity index (χ1n) is 6.63. The van der Waals surface area contributed by atoms with E-state index in [1.807, 2.05) is 23.5 Å². The van der Waals surface area contributed by atoms with Crippen LogP contribution in [0.4, 0.5) is 0 Å². The molecule has 3 nitrogen and oxygen atoms in total. The maximum Gasteiger partial charge on any atom is 0.0766 e. The topological polar surface area (TPSA) is 38.0 Å². The van der Waals surface area contributed by atoms with Crippen LogP contribution in [0.15, 0.2) is 4.47 Å². The lowest BCUT2D eigenvalue weighted by molar-refractivity contribution is 0.163. The van der Waals surface area contributed by atoms with E-state index in [1.54, 1.807) is 0 Å². The molecule has 0 aromatic carbocycles. The molecule has 0 saturated carbocycles. The minimum atomic E-state index is -0.258. The standard InChI is InChI=1S/C13H21BrN2OS/c1-3-9-13(14)10(16(2)15-9)8-11(17)12-6-4-5-7-18-12/h11-12,17H,3-8H2,1-2H3. The third-order valence-corrected chi connectivity index (χ3v) is 5.97. The maximum absolute atomic E-state index is 10.4. The fourth-order valence-electron chi connectivity index (χ4n) is 2.44. The van der Waals surface area contributed by atoms with Crippen LogP contribution in [0.5, 0.6) is 0 Å². The largest absolute Gasteiger partial charge is 0.392 e. The molecule has 2 unspecified atom stereocenters. The highest BCUT2D eigenvalue weighted by atomic mass is 79.9. The van der Waals surface area contributed by atoms with E-state index >= 15 is 0 Å². The highest BCUT2D eigenvalue weighted by Gasteiger charge is 2.25. The van der Waals surface area contributed by atoms with Gasteiger partial charge in [0.1, 0.15) is 0 Å². The van der Waals surface area contributed by atoms with Crippen molar-refractivity contribution in [3.05, 3.63) is 15.9 Å². The molecule has 0 aliphatic carbocycles. The SMILES string of the molecule is CCc1nn(C)c(CC(O)C2CCCCS2)c1Br. The van der Waals surface area contributed by atoms with E-state index in [0.717, 1.165) is 28.7 Å². The van der Waals surface area contributed by atoms with Crippen molar-refractivity contribution in [2.75, 3.05) is 5.75 Å². The first-order chi connectivity index (χ1) is 8.63. The lowest BCUT2D eigenvalue weighted by Crippen LogP contribution is -2.28. The van der Waals surface area contributed by atoms with E-state index in [1.165, 1.54) is 18.6 Å². The van der Waals surface area contributed by atoms with Gasteiger partial charge in [-0.25, -0.2) is 0 Å². The minimum absolute atomic E-state index is 0.258. The van der Waals surface area contributed by atoms with Crippen LogP contribution in [0.1, 0.15) is 37.6 Å². The predicted molar refractivity (Wildman–Crippen MR) is 80.1 cm³/mol. The third-order valence-electron chi connectivity index (χ3n) is 3.55. The summed E-state index contributed by atoms with van der Waals surface area (Å²) in [6, 6.07) is 0. The Bertz CT molecular complexity index is 402. The van der Waals surface area contributed by atoms with E-state index in [0.29, 0.717) is 11.7 Å². The second-order valence-corrected chi connectivity index (χ2v) is 7.00. The summed E-state index contributed by atoms with van der Waals surface area (Å²) >= 11 is 5.53. The Morgan fingerprint density at radius 1 is 1.56 bits per heavy atom. The molecule has 0 amide bonds. The number of aliphatic hydroxyl groups excluding tert-OH is 1. The number of halogens is 1. The van der Waals surface area contributed by atoms with E-state index in [-0.39, 0.29) is 6.10 Å². The van der Waals surface area contributed by atoms with E-state index in [2.05, 4.69) is 28.0 Å². The van der Waals surface area contributed by atoms with Crippen LogP contribution >= 0.6 is 27.7 Å². The molecule has 1 aliphatic rings. The molecular formula is C13H21BrN2OS. The summed E-state index contributed by atoms with van der Waals surface area (Å²) in [5.41, 5.74) is 2.20. The van der Waals surface area contributed by atoms with Gasteiger partial charge in [0.25, 0.3) is 0 Å². The summed E-state index contributed by atoms with van der Waals surface area (Å²) < 4.78 is 2.98. The van der Waals surface area contributed by atoms with E-state index in [4.69, 9.17) is 0 Å². The van der Waals surface area contributed by atoms with Crippen molar-refractivity contribution in [1.82, 2.24) is 9.78 Å². The molecule has 2 heterocycles. The molecule has 2 rings (SSSR count). The molecule has 0 spiro atoms. The molecule has 18 heavy (non-hydrogen) atoms. The van der Waals surface area contributed by atoms with Crippen LogP contribution in [-0.2, 0) is 19.9 Å². The number of aryl methyl sites for hydroxylation is 2. The fraction of sp³-hybridized carbons (Fsp3) is 0.769. The number of hydrogen-bond acceptors (Lipinski definition) is 3. The summed E-state index contributed by atoms with van der Waals surface area (Å²) in [4.78, 5) is 0.